The van der Waals surface area contributed by atoms with Crippen LogP contribution in [0.15, 0.2) is 34.1 Å². The Kier molecular flexibility index (Phi) is 5.34. The highest BCUT2D eigenvalue weighted by atomic mass is 32.2. The van der Waals surface area contributed by atoms with Crippen molar-refractivity contribution in [2.45, 2.75) is 17.5 Å². The zero-order chi connectivity index (χ0) is 20.5. The van der Waals surface area contributed by atoms with Crippen molar-refractivity contribution < 1.29 is 38.2 Å². The van der Waals surface area contributed by atoms with E-state index in [0.29, 0.717) is 5.76 Å². The maximum absolute atomic E-state index is 12.8. The summed E-state index contributed by atoms with van der Waals surface area (Å²) < 4.78 is 15.1. The van der Waals surface area contributed by atoms with Gasteiger partial charge in [-0.25, -0.2) is 9.59 Å². The first kappa shape index (κ1) is 19.8. The molecule has 3 heterocycles. The van der Waals surface area contributed by atoms with Crippen molar-refractivity contribution >= 4 is 35.6 Å². The number of β-lactam (4-membered cyclic amide) rings is 1. The number of ether oxygens (including phenoxy) is 2. The summed E-state index contributed by atoms with van der Waals surface area (Å²) in [7, 11) is 1.25. The molecule has 1 fully saturated rings. The summed E-state index contributed by atoms with van der Waals surface area (Å²) in [5.41, 5.74) is 3.11. The summed E-state index contributed by atoms with van der Waals surface area (Å²) in [5.74, 6) is -2.08. The molecule has 1 aromatic heterocycles. The van der Waals surface area contributed by atoms with Crippen LogP contribution >= 0.6 is 11.8 Å². The number of nitrogens with two attached hydrogens (primary N) is 1. The van der Waals surface area contributed by atoms with E-state index in [-0.39, 0.29) is 30.1 Å². The van der Waals surface area contributed by atoms with Crippen molar-refractivity contribution in [2.75, 3.05) is 19.5 Å². The number of nitrogens with zero attached hydrogens (tertiary/aromatic N) is 1. The first-order valence-corrected chi connectivity index (χ1v) is 9.06. The van der Waals surface area contributed by atoms with Gasteiger partial charge >= 0.3 is 12.1 Å². The second-order valence-electron chi connectivity index (χ2n) is 5.95. The molecule has 0 bridgehead atoms. The Morgan fingerprint density at radius 1 is 1.50 bits per heavy atom. The minimum Gasteiger partial charge on any atom is -0.477 e. The van der Waals surface area contributed by atoms with E-state index < -0.39 is 35.0 Å². The van der Waals surface area contributed by atoms with Crippen molar-refractivity contribution in [2.24, 2.45) is 5.73 Å². The van der Waals surface area contributed by atoms with E-state index in [1.807, 2.05) is 0 Å². The van der Waals surface area contributed by atoms with Gasteiger partial charge in [-0.15, -0.1) is 11.8 Å². The van der Waals surface area contributed by atoms with Gasteiger partial charge < -0.3 is 30.0 Å². The second-order valence-corrected chi connectivity index (χ2v) is 7.02. The summed E-state index contributed by atoms with van der Waals surface area (Å²) in [6.45, 7) is -0.356. The molecule has 28 heavy (non-hydrogen) atoms. The zero-order valence-electron chi connectivity index (χ0n) is 14.7. The fraction of sp³-hybridized carbons (Fsp3) is 0.375. The molecule has 4 N–H and O–H groups in total. The Morgan fingerprint density at radius 3 is 2.82 bits per heavy atom. The van der Waals surface area contributed by atoms with Crippen molar-refractivity contribution in [3.8, 4) is 0 Å². The summed E-state index contributed by atoms with van der Waals surface area (Å²) in [4.78, 5) is 48.7. The third kappa shape index (κ3) is 3.31. The standard InChI is InChI=1S/C16H17N3O8S/c1-25-16(18-10(20)5-9-3-2-4-26-9)13(23)19-11(12(21)22)8(6-27-15(17)24)7-28-14(16)19/h2-4,14H,5-7H2,1H3,(H2,17,24)(H,18,20)(H,21,22)/t14-,16+/m1/s1. The lowest BCUT2D eigenvalue weighted by Gasteiger charge is -2.55. The third-order valence-corrected chi connectivity index (χ3v) is 5.64. The molecule has 0 aromatic carbocycles. The van der Waals surface area contributed by atoms with E-state index in [4.69, 9.17) is 14.9 Å². The number of hydrogen-bond donors (Lipinski definition) is 3. The van der Waals surface area contributed by atoms with Crippen LogP contribution in [0, 0.1) is 0 Å². The molecule has 0 radical (unpaired) electrons. The van der Waals surface area contributed by atoms with Crippen LogP contribution in [0.5, 0.6) is 0 Å². The highest BCUT2D eigenvalue weighted by Crippen LogP contribution is 2.46. The monoisotopic (exact) mass is 411 g/mol. The Bertz CT molecular complexity index is 852. The van der Waals surface area contributed by atoms with Gasteiger partial charge in [0, 0.05) is 18.4 Å². The van der Waals surface area contributed by atoms with E-state index in [2.05, 4.69) is 10.1 Å². The Labute approximate surface area is 162 Å². The average molecular weight is 411 g/mol. The molecular formula is C16H17N3O8S. The van der Waals surface area contributed by atoms with Crippen LogP contribution < -0.4 is 11.1 Å². The van der Waals surface area contributed by atoms with Crippen LogP contribution in [0.25, 0.3) is 0 Å². The summed E-state index contributed by atoms with van der Waals surface area (Å²) in [6, 6.07) is 3.24. The normalized spacial score (nSPS) is 23.7. The molecule has 2 aliphatic heterocycles. The fourth-order valence-electron chi connectivity index (χ4n) is 3.04. The van der Waals surface area contributed by atoms with Gasteiger partial charge in [-0.1, -0.05) is 0 Å². The minimum absolute atomic E-state index is 0.109. The number of primary amides is 1. The number of carboxylic acid groups (broad SMARTS) is 1. The molecule has 2 atom stereocenters. The van der Waals surface area contributed by atoms with Gasteiger partial charge in [0.1, 0.15) is 23.4 Å². The molecule has 0 aliphatic carbocycles. The number of furan rings is 1. The maximum Gasteiger partial charge on any atom is 0.404 e. The first-order chi connectivity index (χ1) is 13.3. The fourth-order valence-corrected chi connectivity index (χ4v) is 4.46. The van der Waals surface area contributed by atoms with E-state index in [1.165, 1.54) is 25.1 Å². The van der Waals surface area contributed by atoms with Crippen molar-refractivity contribution in [3.63, 3.8) is 0 Å². The number of carboxylic acids is 1. The first-order valence-electron chi connectivity index (χ1n) is 8.01. The van der Waals surface area contributed by atoms with Gasteiger partial charge in [0.05, 0.1) is 12.7 Å². The summed E-state index contributed by atoms with van der Waals surface area (Å²) >= 11 is 1.17. The Balaban J connectivity index is 1.81. The van der Waals surface area contributed by atoms with Gasteiger partial charge in [0.25, 0.3) is 11.6 Å². The molecule has 3 rings (SSSR count). The van der Waals surface area contributed by atoms with Crippen molar-refractivity contribution in [1.82, 2.24) is 10.2 Å². The Morgan fingerprint density at radius 2 is 2.25 bits per heavy atom. The van der Waals surface area contributed by atoms with Crippen LogP contribution in [0.1, 0.15) is 5.76 Å². The molecule has 2 aliphatic rings. The summed E-state index contributed by atoms with van der Waals surface area (Å²) in [6.07, 6.45) is 0.250. The van der Waals surface area contributed by atoms with E-state index in [9.17, 15) is 24.3 Å². The molecular weight excluding hydrogens is 394 g/mol. The smallest absolute Gasteiger partial charge is 0.404 e. The van der Waals surface area contributed by atoms with Gasteiger partial charge in [0.15, 0.2) is 0 Å². The molecule has 12 heteroatoms. The number of nitrogens with one attached hydrogen (secondary N) is 1. The van der Waals surface area contributed by atoms with E-state index in [0.717, 1.165) is 4.90 Å². The number of carbonyl (C=O) groups is 4. The van der Waals surface area contributed by atoms with Gasteiger partial charge in [0.2, 0.25) is 5.91 Å². The topological polar surface area (TPSA) is 161 Å². The van der Waals surface area contributed by atoms with Crippen molar-refractivity contribution in [3.05, 3.63) is 35.4 Å². The highest BCUT2D eigenvalue weighted by molar-refractivity contribution is 8.00. The average Bonchev–Trinajstić information content (AvgIpc) is 3.15. The summed E-state index contributed by atoms with van der Waals surface area (Å²) in [5, 5.41) is 11.3. The molecule has 1 aromatic rings. The molecule has 1 saturated heterocycles. The predicted molar refractivity (Wildman–Crippen MR) is 93.6 cm³/mol. The number of thioether (sulfide) groups is 1. The Hall–Kier alpha value is -2.99. The highest BCUT2D eigenvalue weighted by Gasteiger charge is 2.66. The molecule has 150 valence electrons. The number of hydrogen-bond acceptors (Lipinski definition) is 8. The number of methoxy groups -OCH3 is 1. The number of carbonyl (C=O) groups excluding carboxylic acids is 3. The number of rotatable bonds is 7. The van der Waals surface area contributed by atoms with Gasteiger partial charge in [-0.3, -0.25) is 14.5 Å². The van der Waals surface area contributed by atoms with E-state index in [1.54, 1.807) is 12.1 Å². The van der Waals surface area contributed by atoms with Crippen LogP contribution in [0.4, 0.5) is 4.79 Å². The largest absolute Gasteiger partial charge is 0.477 e. The number of amides is 3. The van der Waals surface area contributed by atoms with Crippen LogP contribution in [0.2, 0.25) is 0 Å². The van der Waals surface area contributed by atoms with Crippen molar-refractivity contribution in [1.29, 1.82) is 0 Å². The maximum atomic E-state index is 12.8. The molecule has 11 nitrogen and oxygen atoms in total. The molecule has 0 saturated carbocycles. The van der Waals surface area contributed by atoms with Gasteiger partial charge in [-0.2, -0.15) is 0 Å². The predicted octanol–water partition coefficient (Wildman–Crippen LogP) is -0.370. The number of fused-ring (bicyclic) bond motifs is 1. The quantitative estimate of drug-likeness (QED) is 0.401. The zero-order valence-corrected chi connectivity index (χ0v) is 15.5. The lowest BCUT2D eigenvalue weighted by Crippen LogP contribution is -2.80. The minimum atomic E-state index is -1.70. The molecule has 3 amide bonds. The third-order valence-electron chi connectivity index (χ3n) is 4.26. The van der Waals surface area contributed by atoms with Crippen LogP contribution in [-0.2, 0) is 30.3 Å². The molecule has 0 spiro atoms. The lowest BCUT2D eigenvalue weighted by atomic mass is 9.98. The SMILES string of the molecule is CO[C@@]1(NC(=O)Cc2ccco2)C(=O)N2C(C(=O)O)=C(COC(N)=O)CS[C@@H]21. The van der Waals surface area contributed by atoms with Crippen LogP contribution in [0.3, 0.4) is 0 Å². The second kappa shape index (κ2) is 7.56. The van der Waals surface area contributed by atoms with Crippen LogP contribution in [-0.4, -0.2) is 64.5 Å². The molecule has 0 unspecified atom stereocenters. The lowest BCUT2D eigenvalue weighted by molar-refractivity contribution is -0.192. The number of aliphatic carboxylic acids is 1. The van der Waals surface area contributed by atoms with E-state index >= 15 is 0 Å². The van der Waals surface area contributed by atoms with Gasteiger partial charge in [-0.05, 0) is 12.1 Å².